The number of nitrogens with one attached hydrogen (secondary N) is 2. The molecule has 0 aliphatic carbocycles. The number of nitrogens with zero attached hydrogens (tertiary/aromatic N) is 1. The molecule has 0 bridgehead atoms. The largest absolute Gasteiger partial charge is 0.496 e. The lowest BCUT2D eigenvalue weighted by atomic mass is 10.0. The number of terminal acetylenes is 1. The molecule has 0 saturated carbocycles. The maximum absolute atomic E-state index is 5.38. The van der Waals surface area contributed by atoms with E-state index in [1.807, 2.05) is 25.1 Å². The first-order chi connectivity index (χ1) is 9.72. The first kappa shape index (κ1) is 19.6. The van der Waals surface area contributed by atoms with Gasteiger partial charge in [0.15, 0.2) is 5.96 Å². The Bertz CT molecular complexity index is 483. The van der Waals surface area contributed by atoms with Crippen molar-refractivity contribution < 1.29 is 4.74 Å². The van der Waals surface area contributed by atoms with Gasteiger partial charge in [-0.05, 0) is 18.6 Å². The van der Waals surface area contributed by atoms with E-state index in [-0.39, 0.29) is 29.9 Å². The second-order valence-electron chi connectivity index (χ2n) is 4.42. The van der Waals surface area contributed by atoms with Gasteiger partial charge >= 0.3 is 0 Å². The Morgan fingerprint density at radius 3 is 2.71 bits per heavy atom. The number of rotatable bonds is 6. The van der Waals surface area contributed by atoms with Gasteiger partial charge in [-0.1, -0.05) is 31.0 Å². The molecule has 1 atom stereocenters. The van der Waals surface area contributed by atoms with Gasteiger partial charge in [0.05, 0.1) is 13.7 Å². The van der Waals surface area contributed by atoms with Crippen LogP contribution in [-0.4, -0.2) is 32.7 Å². The lowest BCUT2D eigenvalue weighted by molar-refractivity contribution is 0.407. The van der Waals surface area contributed by atoms with E-state index in [1.54, 1.807) is 7.11 Å². The van der Waals surface area contributed by atoms with Gasteiger partial charge in [0.1, 0.15) is 5.75 Å². The van der Waals surface area contributed by atoms with E-state index in [0.717, 1.165) is 23.8 Å². The molecule has 1 rings (SSSR count). The van der Waals surface area contributed by atoms with Crippen molar-refractivity contribution in [3.63, 3.8) is 0 Å². The Labute approximate surface area is 144 Å². The predicted molar refractivity (Wildman–Crippen MR) is 99.6 cm³/mol. The molecule has 1 unspecified atom stereocenters. The molecule has 0 saturated heterocycles. The van der Waals surface area contributed by atoms with Crippen molar-refractivity contribution in [2.45, 2.75) is 19.8 Å². The molecule has 0 amide bonds. The maximum Gasteiger partial charge on any atom is 0.192 e. The third kappa shape index (κ3) is 6.71. The summed E-state index contributed by atoms with van der Waals surface area (Å²) < 4.78 is 5.38. The van der Waals surface area contributed by atoms with E-state index in [1.165, 1.54) is 0 Å². The first-order valence-electron chi connectivity index (χ1n) is 6.81. The van der Waals surface area contributed by atoms with Crippen LogP contribution in [0.2, 0.25) is 0 Å². The van der Waals surface area contributed by atoms with Crippen LogP contribution < -0.4 is 15.4 Å². The molecule has 2 N–H and O–H groups in total. The van der Waals surface area contributed by atoms with Crippen molar-refractivity contribution >= 4 is 29.9 Å². The molecule has 21 heavy (non-hydrogen) atoms. The third-order valence-electron chi connectivity index (χ3n) is 2.90. The Morgan fingerprint density at radius 2 is 2.10 bits per heavy atom. The minimum atomic E-state index is 0. The van der Waals surface area contributed by atoms with E-state index in [0.29, 0.717) is 13.1 Å². The van der Waals surface area contributed by atoms with Crippen LogP contribution in [0.1, 0.15) is 25.3 Å². The summed E-state index contributed by atoms with van der Waals surface area (Å²) in [5, 5.41) is 6.24. The molecule has 0 spiro atoms. The topological polar surface area (TPSA) is 45.7 Å². The molecule has 0 aliphatic rings. The van der Waals surface area contributed by atoms with Gasteiger partial charge in [0.25, 0.3) is 0 Å². The molecule has 0 fully saturated rings. The number of para-hydroxylation sites is 1. The Balaban J connectivity index is 0.00000400. The Morgan fingerprint density at radius 1 is 1.38 bits per heavy atom. The standard InChI is InChI=1S/C16H23N3O.HI/c1-5-11-18-16(17-6-2)19-12-13(3)14-9-7-8-10-15(14)20-4;/h1,7-10,13H,6,11-12H2,2-4H3,(H2,17,18,19);1H. The van der Waals surface area contributed by atoms with Crippen molar-refractivity contribution in [3.8, 4) is 18.1 Å². The summed E-state index contributed by atoms with van der Waals surface area (Å²) in [6.07, 6.45) is 5.25. The van der Waals surface area contributed by atoms with Crippen molar-refractivity contribution in [2.75, 3.05) is 26.7 Å². The molecule has 4 nitrogen and oxygen atoms in total. The number of methoxy groups -OCH3 is 1. The zero-order chi connectivity index (χ0) is 14.8. The number of aliphatic imine (C=N–C) groups is 1. The highest BCUT2D eigenvalue weighted by Crippen LogP contribution is 2.26. The van der Waals surface area contributed by atoms with Crippen LogP contribution in [0.3, 0.4) is 0 Å². The molecule has 1 aromatic rings. The highest BCUT2D eigenvalue weighted by atomic mass is 127. The summed E-state index contributed by atoms with van der Waals surface area (Å²) in [5.74, 6) is 4.46. The van der Waals surface area contributed by atoms with Crippen LogP contribution >= 0.6 is 24.0 Å². The quantitative estimate of drug-likeness (QED) is 0.334. The van der Waals surface area contributed by atoms with Crippen LogP contribution in [0, 0.1) is 12.3 Å². The highest BCUT2D eigenvalue weighted by Gasteiger charge is 2.10. The zero-order valence-corrected chi connectivity index (χ0v) is 15.2. The van der Waals surface area contributed by atoms with Gasteiger partial charge in [-0.3, -0.25) is 4.99 Å². The Kier molecular flexibility index (Phi) is 10.5. The summed E-state index contributed by atoms with van der Waals surface area (Å²) in [6, 6.07) is 8.02. The molecule has 1 aromatic carbocycles. The molecule has 0 aromatic heterocycles. The monoisotopic (exact) mass is 401 g/mol. The van der Waals surface area contributed by atoms with Crippen molar-refractivity contribution in [1.82, 2.24) is 10.6 Å². The third-order valence-corrected chi connectivity index (χ3v) is 2.90. The average Bonchev–Trinajstić information content (AvgIpc) is 2.49. The van der Waals surface area contributed by atoms with Crippen LogP contribution in [-0.2, 0) is 0 Å². The summed E-state index contributed by atoms with van der Waals surface area (Å²) in [5.41, 5.74) is 1.16. The number of benzene rings is 1. The van der Waals surface area contributed by atoms with E-state index in [9.17, 15) is 0 Å². The number of hydrogen-bond donors (Lipinski definition) is 2. The van der Waals surface area contributed by atoms with Crippen molar-refractivity contribution in [3.05, 3.63) is 29.8 Å². The fourth-order valence-corrected chi connectivity index (χ4v) is 1.88. The normalized spacial score (nSPS) is 11.8. The predicted octanol–water partition coefficient (Wildman–Crippen LogP) is 2.61. The molecule has 0 radical (unpaired) electrons. The highest BCUT2D eigenvalue weighted by molar-refractivity contribution is 14.0. The number of halogens is 1. The van der Waals surface area contributed by atoms with E-state index >= 15 is 0 Å². The van der Waals surface area contributed by atoms with Crippen LogP contribution in [0.25, 0.3) is 0 Å². The summed E-state index contributed by atoms with van der Waals surface area (Å²) >= 11 is 0. The number of ether oxygens (including phenoxy) is 1. The van der Waals surface area contributed by atoms with E-state index < -0.39 is 0 Å². The fraction of sp³-hybridized carbons (Fsp3) is 0.438. The lowest BCUT2D eigenvalue weighted by Gasteiger charge is -2.15. The molecule has 0 heterocycles. The minimum Gasteiger partial charge on any atom is -0.496 e. The van der Waals surface area contributed by atoms with Crippen LogP contribution in [0.4, 0.5) is 0 Å². The average molecular weight is 401 g/mol. The van der Waals surface area contributed by atoms with Gasteiger partial charge in [-0.2, -0.15) is 0 Å². The molecular formula is C16H24IN3O. The van der Waals surface area contributed by atoms with Gasteiger partial charge in [0, 0.05) is 19.0 Å². The van der Waals surface area contributed by atoms with Crippen LogP contribution in [0.5, 0.6) is 5.75 Å². The summed E-state index contributed by atoms with van der Waals surface area (Å²) in [6.45, 7) is 6.09. The molecular weight excluding hydrogens is 377 g/mol. The fourth-order valence-electron chi connectivity index (χ4n) is 1.88. The zero-order valence-electron chi connectivity index (χ0n) is 12.8. The minimum absolute atomic E-state index is 0. The van der Waals surface area contributed by atoms with Gasteiger partial charge in [0.2, 0.25) is 0 Å². The maximum atomic E-state index is 5.38. The summed E-state index contributed by atoms with van der Waals surface area (Å²) in [7, 11) is 1.69. The number of hydrogen-bond acceptors (Lipinski definition) is 2. The molecule has 5 heteroatoms. The smallest absolute Gasteiger partial charge is 0.192 e. The second kappa shape index (κ2) is 11.3. The van der Waals surface area contributed by atoms with E-state index in [4.69, 9.17) is 11.2 Å². The SMILES string of the molecule is C#CCNC(=NCC(C)c1ccccc1OC)NCC.I. The number of guanidine groups is 1. The molecule has 116 valence electrons. The Hall–Kier alpha value is -1.42. The van der Waals surface area contributed by atoms with Gasteiger partial charge in [-0.25, -0.2) is 0 Å². The second-order valence-corrected chi connectivity index (χ2v) is 4.42. The van der Waals surface area contributed by atoms with Crippen LogP contribution in [0.15, 0.2) is 29.3 Å². The first-order valence-corrected chi connectivity index (χ1v) is 6.81. The van der Waals surface area contributed by atoms with E-state index in [2.05, 4.69) is 34.5 Å². The lowest BCUT2D eigenvalue weighted by Crippen LogP contribution is -2.37. The molecule has 0 aliphatic heterocycles. The van der Waals surface area contributed by atoms with Gasteiger partial charge < -0.3 is 15.4 Å². The van der Waals surface area contributed by atoms with Gasteiger partial charge in [-0.15, -0.1) is 30.4 Å². The van der Waals surface area contributed by atoms with Crippen molar-refractivity contribution in [2.24, 2.45) is 4.99 Å². The summed E-state index contributed by atoms with van der Waals surface area (Å²) in [4.78, 5) is 4.55. The van der Waals surface area contributed by atoms with Crippen molar-refractivity contribution in [1.29, 1.82) is 0 Å².